The van der Waals surface area contributed by atoms with Crippen molar-refractivity contribution in [2.45, 2.75) is 0 Å². The van der Waals surface area contributed by atoms with Crippen LogP contribution in [0.15, 0.2) is 63.9 Å². The highest BCUT2D eigenvalue weighted by Gasteiger charge is 2.22. The predicted molar refractivity (Wildman–Crippen MR) is 84.6 cm³/mol. The number of aromatic nitrogens is 1. The maximum atomic E-state index is 12.7. The average Bonchev–Trinajstić information content (AvgIpc) is 2.90. The SMILES string of the molecule is O=C(c1c(Cl)cccc1Cl)n1oc(=O)cc1-c1ccccc1. The van der Waals surface area contributed by atoms with Gasteiger partial charge in [0.2, 0.25) is 0 Å². The van der Waals surface area contributed by atoms with Gasteiger partial charge in [0.05, 0.1) is 27.4 Å². The van der Waals surface area contributed by atoms with Crippen molar-refractivity contribution in [1.82, 2.24) is 4.74 Å². The van der Waals surface area contributed by atoms with E-state index in [1.165, 1.54) is 6.07 Å². The monoisotopic (exact) mass is 333 g/mol. The molecule has 0 saturated carbocycles. The Hall–Kier alpha value is -2.30. The van der Waals surface area contributed by atoms with Gasteiger partial charge >= 0.3 is 5.63 Å². The molecule has 0 bridgehead atoms. The van der Waals surface area contributed by atoms with Crippen molar-refractivity contribution in [3.63, 3.8) is 0 Å². The van der Waals surface area contributed by atoms with Gasteiger partial charge < -0.3 is 4.52 Å². The minimum absolute atomic E-state index is 0.0855. The van der Waals surface area contributed by atoms with Crippen LogP contribution in [0.2, 0.25) is 10.0 Å². The molecule has 0 fully saturated rings. The minimum atomic E-state index is -0.629. The van der Waals surface area contributed by atoms with Crippen LogP contribution in [-0.2, 0) is 0 Å². The summed E-state index contributed by atoms with van der Waals surface area (Å²) in [6.45, 7) is 0. The van der Waals surface area contributed by atoms with Crippen LogP contribution >= 0.6 is 23.2 Å². The van der Waals surface area contributed by atoms with E-state index < -0.39 is 11.5 Å². The normalized spacial score (nSPS) is 10.6. The molecule has 3 aromatic rings. The number of benzene rings is 2. The van der Waals surface area contributed by atoms with Gasteiger partial charge in [-0.2, -0.15) is 0 Å². The first-order valence-corrected chi connectivity index (χ1v) is 7.11. The van der Waals surface area contributed by atoms with Gasteiger partial charge in [0.25, 0.3) is 5.91 Å². The highest BCUT2D eigenvalue weighted by Crippen LogP contribution is 2.27. The molecule has 4 nitrogen and oxygen atoms in total. The molecule has 0 spiro atoms. The molecule has 1 aromatic heterocycles. The van der Waals surface area contributed by atoms with Gasteiger partial charge in [0, 0.05) is 5.56 Å². The van der Waals surface area contributed by atoms with E-state index in [9.17, 15) is 9.59 Å². The zero-order valence-corrected chi connectivity index (χ0v) is 12.6. The zero-order valence-electron chi connectivity index (χ0n) is 11.1. The van der Waals surface area contributed by atoms with Crippen LogP contribution in [-0.4, -0.2) is 10.6 Å². The second-order valence-corrected chi connectivity index (χ2v) is 5.32. The molecule has 2 aromatic carbocycles. The predicted octanol–water partition coefficient (Wildman–Crippen LogP) is 4.10. The third-order valence-electron chi connectivity index (χ3n) is 3.09. The largest absolute Gasteiger partial charge is 0.358 e. The lowest BCUT2D eigenvalue weighted by molar-refractivity contribution is 0.0844. The number of hydrogen-bond donors (Lipinski definition) is 0. The van der Waals surface area contributed by atoms with Crippen molar-refractivity contribution in [3.8, 4) is 11.3 Å². The van der Waals surface area contributed by atoms with Crippen LogP contribution in [0.25, 0.3) is 11.3 Å². The molecular formula is C16H9Cl2NO3. The summed E-state index contributed by atoms with van der Waals surface area (Å²) >= 11 is 12.1. The number of halogens is 2. The number of carbonyl (C=O) groups is 1. The molecule has 0 aliphatic carbocycles. The van der Waals surface area contributed by atoms with Crippen molar-refractivity contribution >= 4 is 29.1 Å². The van der Waals surface area contributed by atoms with Gasteiger partial charge in [-0.25, -0.2) is 4.79 Å². The topological polar surface area (TPSA) is 52.2 Å². The maximum Gasteiger partial charge on any atom is 0.358 e. The molecular weight excluding hydrogens is 325 g/mol. The fourth-order valence-corrected chi connectivity index (χ4v) is 2.66. The number of carbonyl (C=O) groups excluding carboxylic acids is 1. The molecule has 6 heteroatoms. The van der Waals surface area contributed by atoms with Crippen LogP contribution in [0.5, 0.6) is 0 Å². The van der Waals surface area contributed by atoms with Crippen molar-refractivity contribution in [3.05, 3.63) is 80.6 Å². The number of hydrogen-bond acceptors (Lipinski definition) is 3. The van der Waals surface area contributed by atoms with Gasteiger partial charge in [-0.15, -0.1) is 4.74 Å². The van der Waals surface area contributed by atoms with E-state index in [1.54, 1.807) is 42.5 Å². The number of nitrogens with zero attached hydrogens (tertiary/aromatic N) is 1. The van der Waals surface area contributed by atoms with Gasteiger partial charge in [-0.1, -0.05) is 59.6 Å². The lowest BCUT2D eigenvalue weighted by Crippen LogP contribution is -2.14. The summed E-state index contributed by atoms with van der Waals surface area (Å²) in [5.41, 5.74) is 0.467. The minimum Gasteiger partial charge on any atom is -0.328 e. The van der Waals surface area contributed by atoms with Gasteiger partial charge in [0.1, 0.15) is 0 Å². The van der Waals surface area contributed by atoms with Gasteiger partial charge in [0.15, 0.2) is 0 Å². The van der Waals surface area contributed by atoms with Crippen LogP contribution in [0.4, 0.5) is 0 Å². The first-order valence-electron chi connectivity index (χ1n) is 6.35. The fourth-order valence-electron chi connectivity index (χ4n) is 2.10. The summed E-state index contributed by atoms with van der Waals surface area (Å²) in [4.78, 5) is 24.2. The second kappa shape index (κ2) is 5.83. The molecule has 0 aliphatic heterocycles. The summed E-state index contributed by atoms with van der Waals surface area (Å²) in [5.74, 6) is -0.600. The smallest absolute Gasteiger partial charge is 0.328 e. The highest BCUT2D eigenvalue weighted by atomic mass is 35.5. The Labute approximate surface area is 135 Å². The van der Waals surface area contributed by atoms with E-state index in [0.717, 1.165) is 4.74 Å². The number of rotatable bonds is 2. The van der Waals surface area contributed by atoms with Gasteiger partial charge in [-0.05, 0) is 12.1 Å². The molecule has 1 heterocycles. The van der Waals surface area contributed by atoms with E-state index in [4.69, 9.17) is 27.7 Å². The lowest BCUT2D eigenvalue weighted by Gasteiger charge is -2.08. The lowest BCUT2D eigenvalue weighted by atomic mass is 10.1. The Kier molecular flexibility index (Phi) is 3.88. The van der Waals surface area contributed by atoms with E-state index in [2.05, 4.69) is 0 Å². The summed E-state index contributed by atoms with van der Waals surface area (Å²) in [5, 5.41) is 0.376. The van der Waals surface area contributed by atoms with E-state index in [-0.39, 0.29) is 15.6 Å². The Morgan fingerprint density at radius 1 is 0.955 bits per heavy atom. The molecule has 0 saturated heterocycles. The summed E-state index contributed by atoms with van der Waals surface area (Å²) in [7, 11) is 0. The summed E-state index contributed by atoms with van der Waals surface area (Å²) in [6, 6.07) is 14.9. The second-order valence-electron chi connectivity index (χ2n) is 4.50. The molecule has 22 heavy (non-hydrogen) atoms. The van der Waals surface area contributed by atoms with Gasteiger partial charge in [-0.3, -0.25) is 4.79 Å². The molecule has 0 N–H and O–H groups in total. The Morgan fingerprint density at radius 2 is 1.59 bits per heavy atom. The zero-order chi connectivity index (χ0) is 15.7. The van der Waals surface area contributed by atoms with E-state index in [1.807, 2.05) is 6.07 Å². The maximum absolute atomic E-state index is 12.7. The fraction of sp³-hybridized carbons (Fsp3) is 0. The molecule has 0 aliphatic rings. The van der Waals surface area contributed by atoms with Crippen LogP contribution < -0.4 is 5.63 Å². The molecule has 0 radical (unpaired) electrons. The first kappa shape index (κ1) is 14.6. The van der Waals surface area contributed by atoms with Crippen molar-refractivity contribution in [1.29, 1.82) is 0 Å². The quantitative estimate of drug-likeness (QED) is 0.709. The molecule has 3 rings (SSSR count). The first-order chi connectivity index (χ1) is 10.6. The molecule has 0 unspecified atom stereocenters. The molecule has 110 valence electrons. The van der Waals surface area contributed by atoms with E-state index in [0.29, 0.717) is 11.3 Å². The highest BCUT2D eigenvalue weighted by molar-refractivity contribution is 6.39. The molecule has 0 atom stereocenters. The van der Waals surface area contributed by atoms with Crippen molar-refractivity contribution in [2.75, 3.05) is 0 Å². The van der Waals surface area contributed by atoms with Crippen molar-refractivity contribution < 1.29 is 9.32 Å². The van der Waals surface area contributed by atoms with E-state index >= 15 is 0 Å². The Bertz CT molecular complexity index is 877. The van der Waals surface area contributed by atoms with Crippen LogP contribution in [0.3, 0.4) is 0 Å². The van der Waals surface area contributed by atoms with Crippen LogP contribution in [0.1, 0.15) is 10.4 Å². The van der Waals surface area contributed by atoms with Crippen LogP contribution in [0, 0.1) is 0 Å². The third kappa shape index (κ3) is 2.58. The third-order valence-corrected chi connectivity index (χ3v) is 3.72. The Balaban J connectivity index is 2.18. The summed E-state index contributed by atoms with van der Waals surface area (Å²) in [6.07, 6.45) is 0. The molecule has 0 amide bonds. The van der Waals surface area contributed by atoms with Crippen molar-refractivity contribution in [2.24, 2.45) is 0 Å². The Morgan fingerprint density at radius 3 is 2.23 bits per heavy atom. The standard InChI is InChI=1S/C16H9Cl2NO3/c17-11-7-4-8-12(18)15(11)16(21)19-13(9-14(20)22-19)10-5-2-1-3-6-10/h1-9H. The summed E-state index contributed by atoms with van der Waals surface area (Å²) < 4.78 is 5.90. The average molecular weight is 334 g/mol.